The van der Waals surface area contributed by atoms with Gasteiger partial charge in [0.1, 0.15) is 11.4 Å². The van der Waals surface area contributed by atoms with Crippen LogP contribution in [0.5, 0.6) is 5.75 Å². The van der Waals surface area contributed by atoms with E-state index in [0.29, 0.717) is 23.5 Å². The van der Waals surface area contributed by atoms with Crippen molar-refractivity contribution in [3.63, 3.8) is 0 Å². The number of alkyl halides is 3. The van der Waals surface area contributed by atoms with E-state index in [1.165, 1.54) is 18.2 Å². The van der Waals surface area contributed by atoms with E-state index in [1.54, 1.807) is 34.9 Å². The molecular weight excluding hydrogens is 459 g/mol. The number of carbonyl (C=O) groups is 1. The van der Waals surface area contributed by atoms with Gasteiger partial charge in [-0.05, 0) is 66.6 Å². The summed E-state index contributed by atoms with van der Waals surface area (Å²) in [5.41, 5.74) is 8.06. The molecule has 3 aromatic rings. The lowest BCUT2D eigenvalue weighted by atomic mass is 9.86. The van der Waals surface area contributed by atoms with Crippen LogP contribution in [0, 0.1) is 5.41 Å². The monoisotopic (exact) mass is 489 g/mol. The molecule has 1 saturated heterocycles. The van der Waals surface area contributed by atoms with Crippen LogP contribution in [0.1, 0.15) is 49.2 Å². The van der Waals surface area contributed by atoms with Gasteiger partial charge < -0.3 is 25.1 Å². The molecule has 2 heterocycles. The van der Waals surface area contributed by atoms with E-state index >= 15 is 0 Å². The Bertz CT molecular complexity index is 1200. The maximum absolute atomic E-state index is 13.3. The minimum Gasteiger partial charge on any atom is -0.406 e. The Hall–Kier alpha value is -3.20. The molecule has 0 spiro atoms. The molecule has 1 aliphatic rings. The van der Waals surface area contributed by atoms with Crippen molar-refractivity contribution in [1.29, 1.82) is 0 Å². The number of nitrogens with one attached hydrogen (secondary N) is 1. The molecule has 1 fully saturated rings. The molecule has 0 aliphatic carbocycles. The summed E-state index contributed by atoms with van der Waals surface area (Å²) >= 11 is 0. The van der Waals surface area contributed by atoms with E-state index in [0.717, 1.165) is 36.8 Å². The molecule has 6 nitrogen and oxygen atoms in total. The van der Waals surface area contributed by atoms with Crippen molar-refractivity contribution < 1.29 is 27.4 Å². The van der Waals surface area contributed by atoms with E-state index in [2.05, 4.69) is 23.9 Å². The molecular formula is C26H30F3N3O3. The molecule has 1 aromatic heterocycles. The second-order valence-electron chi connectivity index (χ2n) is 9.82. The highest BCUT2D eigenvalue weighted by Crippen LogP contribution is 2.29. The van der Waals surface area contributed by atoms with Gasteiger partial charge in [-0.1, -0.05) is 26.0 Å². The zero-order chi connectivity index (χ0) is 25.2. The number of aromatic nitrogens is 1. The number of hydrogen-bond acceptors (Lipinski definition) is 4. The first-order valence-corrected chi connectivity index (χ1v) is 11.6. The first kappa shape index (κ1) is 24.9. The van der Waals surface area contributed by atoms with Crippen LogP contribution < -0.4 is 15.8 Å². The summed E-state index contributed by atoms with van der Waals surface area (Å²) in [6.45, 7) is 5.62. The number of hydrogen-bond donors (Lipinski definition) is 2. The number of halogens is 3. The largest absolute Gasteiger partial charge is 0.573 e. The van der Waals surface area contributed by atoms with Gasteiger partial charge in [0.15, 0.2) is 0 Å². The molecule has 1 aliphatic heterocycles. The van der Waals surface area contributed by atoms with Gasteiger partial charge in [0, 0.05) is 36.3 Å². The fourth-order valence-corrected chi connectivity index (χ4v) is 4.58. The van der Waals surface area contributed by atoms with Gasteiger partial charge in [-0.15, -0.1) is 13.2 Å². The van der Waals surface area contributed by atoms with Crippen LogP contribution in [0.4, 0.5) is 18.9 Å². The topological polar surface area (TPSA) is 78.5 Å². The molecule has 35 heavy (non-hydrogen) atoms. The van der Waals surface area contributed by atoms with Crippen LogP contribution >= 0.6 is 0 Å². The van der Waals surface area contributed by atoms with E-state index in [4.69, 9.17) is 10.5 Å². The summed E-state index contributed by atoms with van der Waals surface area (Å²) in [5, 5.41) is 3.81. The zero-order valence-electron chi connectivity index (χ0n) is 19.8. The smallest absolute Gasteiger partial charge is 0.406 e. The van der Waals surface area contributed by atoms with Crippen molar-refractivity contribution in [2.45, 2.75) is 52.1 Å². The van der Waals surface area contributed by atoms with Crippen molar-refractivity contribution in [2.75, 3.05) is 18.9 Å². The van der Waals surface area contributed by atoms with Gasteiger partial charge in [0.25, 0.3) is 5.91 Å². The van der Waals surface area contributed by atoms with Crippen molar-refractivity contribution in [3.8, 4) is 5.75 Å². The molecule has 3 N–H and O–H groups in total. The molecule has 0 bridgehead atoms. The van der Waals surface area contributed by atoms with Crippen molar-refractivity contribution >= 4 is 22.5 Å². The quantitative estimate of drug-likeness (QED) is 0.410. The summed E-state index contributed by atoms with van der Waals surface area (Å²) in [6.07, 6.45) is -1.63. The second kappa shape index (κ2) is 9.81. The highest BCUT2D eigenvalue weighted by molar-refractivity contribution is 5.99. The first-order chi connectivity index (χ1) is 16.5. The molecule has 0 saturated carbocycles. The normalized spacial score (nSPS) is 16.5. The predicted octanol–water partition coefficient (Wildman–Crippen LogP) is 5.50. The fourth-order valence-electron chi connectivity index (χ4n) is 4.58. The van der Waals surface area contributed by atoms with E-state index in [-0.39, 0.29) is 29.7 Å². The maximum atomic E-state index is 13.3. The van der Waals surface area contributed by atoms with Gasteiger partial charge in [-0.25, -0.2) is 0 Å². The van der Waals surface area contributed by atoms with Crippen molar-refractivity contribution in [3.05, 3.63) is 59.8 Å². The standard InChI is InChI=1S/C26H30F3N3O3/c1-25(2,14-21-7-4-10-34-21)16-31-24(33)23-13-18-12-19(30)8-9-22(18)32(23)15-17-5-3-6-20(11-17)35-26(27,28)29/h3,5-6,8-9,11-13,21H,4,7,10,14-16,30H2,1-2H3,(H,31,33). The minimum atomic E-state index is -4.78. The molecule has 9 heteroatoms. The summed E-state index contributed by atoms with van der Waals surface area (Å²) in [6, 6.07) is 12.8. The van der Waals surface area contributed by atoms with E-state index in [1.807, 2.05) is 0 Å². The number of fused-ring (bicyclic) bond motifs is 1. The number of ether oxygens (including phenoxy) is 2. The summed E-state index contributed by atoms with van der Waals surface area (Å²) in [7, 11) is 0. The number of nitrogen functional groups attached to an aromatic ring is 1. The Morgan fingerprint density at radius 2 is 2.00 bits per heavy atom. The Balaban J connectivity index is 1.57. The van der Waals surface area contributed by atoms with Gasteiger partial charge in [-0.3, -0.25) is 4.79 Å². The SMILES string of the molecule is CC(C)(CNC(=O)c1cc2cc(N)ccc2n1Cc1cccc(OC(F)(F)F)c1)CC1CCCO1. The number of carbonyl (C=O) groups excluding carboxylic acids is 1. The molecule has 2 aromatic carbocycles. The fraction of sp³-hybridized carbons (Fsp3) is 0.423. The minimum absolute atomic E-state index is 0.158. The third kappa shape index (κ3) is 6.48. The second-order valence-corrected chi connectivity index (χ2v) is 9.82. The van der Waals surface area contributed by atoms with Crippen LogP contribution in [0.3, 0.4) is 0 Å². The van der Waals surface area contributed by atoms with E-state index in [9.17, 15) is 18.0 Å². The number of nitrogens with zero attached hydrogens (tertiary/aromatic N) is 1. The average Bonchev–Trinajstić information content (AvgIpc) is 3.38. The van der Waals surface area contributed by atoms with E-state index < -0.39 is 6.36 Å². The van der Waals surface area contributed by atoms with Crippen LogP contribution in [-0.2, 0) is 11.3 Å². The molecule has 4 rings (SSSR count). The highest BCUT2D eigenvalue weighted by atomic mass is 19.4. The lowest BCUT2D eigenvalue weighted by Crippen LogP contribution is -2.36. The molecule has 0 radical (unpaired) electrons. The number of rotatable bonds is 8. The van der Waals surface area contributed by atoms with Crippen LogP contribution in [0.2, 0.25) is 0 Å². The first-order valence-electron chi connectivity index (χ1n) is 11.6. The predicted molar refractivity (Wildman–Crippen MR) is 128 cm³/mol. The zero-order valence-corrected chi connectivity index (χ0v) is 19.8. The lowest BCUT2D eigenvalue weighted by molar-refractivity contribution is -0.274. The van der Waals surface area contributed by atoms with Crippen LogP contribution in [0.25, 0.3) is 10.9 Å². The Kier molecular flexibility index (Phi) is 6.98. The molecule has 188 valence electrons. The van der Waals surface area contributed by atoms with Crippen LogP contribution in [0.15, 0.2) is 48.5 Å². The summed E-state index contributed by atoms with van der Waals surface area (Å²) in [5.74, 6) is -0.569. The lowest BCUT2D eigenvalue weighted by Gasteiger charge is -2.28. The third-order valence-corrected chi connectivity index (χ3v) is 6.16. The van der Waals surface area contributed by atoms with Gasteiger partial charge in [0.2, 0.25) is 0 Å². The Morgan fingerprint density at radius 3 is 2.71 bits per heavy atom. The Morgan fingerprint density at radius 1 is 1.20 bits per heavy atom. The highest BCUT2D eigenvalue weighted by Gasteiger charge is 2.31. The van der Waals surface area contributed by atoms with Gasteiger partial charge in [-0.2, -0.15) is 0 Å². The van der Waals surface area contributed by atoms with Gasteiger partial charge >= 0.3 is 6.36 Å². The van der Waals surface area contributed by atoms with Crippen molar-refractivity contribution in [1.82, 2.24) is 9.88 Å². The van der Waals surface area contributed by atoms with Gasteiger partial charge in [0.05, 0.1) is 6.10 Å². The Labute approximate surface area is 202 Å². The third-order valence-electron chi connectivity index (χ3n) is 6.16. The molecule has 1 atom stereocenters. The number of nitrogens with two attached hydrogens (primary N) is 1. The van der Waals surface area contributed by atoms with Crippen LogP contribution in [-0.4, -0.2) is 36.1 Å². The van der Waals surface area contributed by atoms with Crippen molar-refractivity contribution in [2.24, 2.45) is 5.41 Å². The number of anilines is 1. The molecule has 1 amide bonds. The number of benzene rings is 2. The maximum Gasteiger partial charge on any atom is 0.573 e. The number of amides is 1. The molecule has 1 unspecified atom stereocenters. The average molecular weight is 490 g/mol. The summed E-state index contributed by atoms with van der Waals surface area (Å²) in [4.78, 5) is 13.3. The summed E-state index contributed by atoms with van der Waals surface area (Å²) < 4.78 is 49.6.